The fourth-order valence-corrected chi connectivity index (χ4v) is 3.79. The summed E-state index contributed by atoms with van der Waals surface area (Å²) in [4.78, 5) is 25.1. The zero-order chi connectivity index (χ0) is 16.7. The number of nitrogens with zero attached hydrogens (tertiary/aromatic N) is 2. The van der Waals surface area contributed by atoms with Crippen LogP contribution in [0.3, 0.4) is 0 Å². The van der Waals surface area contributed by atoms with Gasteiger partial charge < -0.3 is 4.90 Å². The number of nitro groups is 1. The Labute approximate surface area is 140 Å². The van der Waals surface area contributed by atoms with E-state index in [1.54, 1.807) is 12.1 Å². The molecule has 1 aliphatic heterocycles. The SMILES string of the molecule is O=C1c2cc(-c3ccc([N+](=O)[O-])cc3)ccc2CN1C1CCCC1. The Morgan fingerprint density at radius 3 is 2.33 bits per heavy atom. The Hall–Kier alpha value is -2.69. The van der Waals surface area contributed by atoms with E-state index in [9.17, 15) is 14.9 Å². The molecule has 4 rings (SSSR count). The summed E-state index contributed by atoms with van der Waals surface area (Å²) in [5.41, 5.74) is 3.74. The maximum atomic E-state index is 12.7. The smallest absolute Gasteiger partial charge is 0.269 e. The Morgan fingerprint density at radius 2 is 1.67 bits per heavy atom. The second kappa shape index (κ2) is 5.74. The zero-order valence-corrected chi connectivity index (χ0v) is 13.3. The third-order valence-electron chi connectivity index (χ3n) is 5.12. The largest absolute Gasteiger partial charge is 0.331 e. The van der Waals surface area contributed by atoms with Crippen molar-refractivity contribution >= 4 is 11.6 Å². The van der Waals surface area contributed by atoms with Crippen LogP contribution in [0.25, 0.3) is 11.1 Å². The van der Waals surface area contributed by atoms with E-state index < -0.39 is 4.92 Å². The molecule has 0 spiro atoms. The fraction of sp³-hybridized carbons (Fsp3) is 0.316. The van der Waals surface area contributed by atoms with Gasteiger partial charge in [0.05, 0.1) is 4.92 Å². The molecule has 2 aliphatic rings. The van der Waals surface area contributed by atoms with Gasteiger partial charge in [-0.1, -0.05) is 25.0 Å². The monoisotopic (exact) mass is 322 g/mol. The minimum atomic E-state index is -0.407. The van der Waals surface area contributed by atoms with Crippen LogP contribution in [0.1, 0.15) is 41.6 Å². The predicted octanol–water partition coefficient (Wildman–Crippen LogP) is 4.16. The molecule has 1 amide bonds. The van der Waals surface area contributed by atoms with E-state index in [-0.39, 0.29) is 11.6 Å². The first-order chi connectivity index (χ1) is 11.6. The van der Waals surface area contributed by atoms with Crippen LogP contribution in [0, 0.1) is 10.1 Å². The van der Waals surface area contributed by atoms with Crippen LogP contribution in [0.4, 0.5) is 5.69 Å². The maximum Gasteiger partial charge on any atom is 0.269 e. The van der Waals surface area contributed by atoms with Crippen molar-refractivity contribution in [3.8, 4) is 11.1 Å². The van der Waals surface area contributed by atoms with Crippen molar-refractivity contribution in [3.63, 3.8) is 0 Å². The van der Waals surface area contributed by atoms with Crippen molar-refractivity contribution in [3.05, 3.63) is 63.7 Å². The van der Waals surface area contributed by atoms with Crippen molar-refractivity contribution in [1.82, 2.24) is 4.90 Å². The lowest BCUT2D eigenvalue weighted by Crippen LogP contribution is -2.33. The number of rotatable bonds is 3. The van der Waals surface area contributed by atoms with Crippen molar-refractivity contribution in [2.75, 3.05) is 0 Å². The molecule has 2 aromatic carbocycles. The number of amides is 1. The summed E-state index contributed by atoms with van der Waals surface area (Å²) >= 11 is 0. The van der Waals surface area contributed by atoms with Crippen LogP contribution in [-0.4, -0.2) is 21.8 Å². The molecule has 0 N–H and O–H groups in total. The Morgan fingerprint density at radius 1 is 1.00 bits per heavy atom. The highest BCUT2D eigenvalue weighted by Gasteiger charge is 2.34. The third-order valence-corrected chi connectivity index (χ3v) is 5.12. The molecular weight excluding hydrogens is 304 g/mol. The molecule has 5 heteroatoms. The molecule has 122 valence electrons. The van der Waals surface area contributed by atoms with Crippen molar-refractivity contribution < 1.29 is 9.72 Å². The van der Waals surface area contributed by atoms with Gasteiger partial charge in [-0.2, -0.15) is 0 Å². The van der Waals surface area contributed by atoms with Crippen LogP contribution in [-0.2, 0) is 6.54 Å². The van der Waals surface area contributed by atoms with Crippen molar-refractivity contribution in [2.24, 2.45) is 0 Å². The second-order valence-corrected chi connectivity index (χ2v) is 6.55. The molecule has 1 saturated carbocycles. The van der Waals surface area contributed by atoms with Gasteiger partial charge >= 0.3 is 0 Å². The van der Waals surface area contributed by atoms with Crippen LogP contribution in [0.5, 0.6) is 0 Å². The summed E-state index contributed by atoms with van der Waals surface area (Å²) in [6, 6.07) is 12.8. The zero-order valence-electron chi connectivity index (χ0n) is 13.3. The standard InChI is InChI=1S/C19H18N2O3/c22-19-18-11-14(13-7-9-17(10-8-13)21(23)24)5-6-15(18)12-20(19)16-3-1-2-4-16/h5-11,16H,1-4,12H2. The molecule has 0 aromatic heterocycles. The number of carbonyl (C=O) groups excluding carboxylic acids is 1. The van der Waals surface area contributed by atoms with Crippen LogP contribution in [0.2, 0.25) is 0 Å². The molecule has 2 aromatic rings. The lowest BCUT2D eigenvalue weighted by Gasteiger charge is -2.23. The Kier molecular flexibility index (Phi) is 3.56. The third kappa shape index (κ3) is 2.46. The average Bonchev–Trinajstić information content (AvgIpc) is 3.23. The number of carbonyl (C=O) groups is 1. The van der Waals surface area contributed by atoms with E-state index in [4.69, 9.17) is 0 Å². The summed E-state index contributed by atoms with van der Waals surface area (Å²) in [5, 5.41) is 10.8. The summed E-state index contributed by atoms with van der Waals surface area (Å²) in [7, 11) is 0. The van der Waals surface area contributed by atoms with Gasteiger partial charge in [-0.25, -0.2) is 0 Å². The second-order valence-electron chi connectivity index (χ2n) is 6.55. The fourth-order valence-electron chi connectivity index (χ4n) is 3.79. The summed E-state index contributed by atoms with van der Waals surface area (Å²) in [6.07, 6.45) is 4.63. The van der Waals surface area contributed by atoms with Gasteiger partial charge in [-0.05, 0) is 47.7 Å². The van der Waals surface area contributed by atoms with Gasteiger partial charge in [0.1, 0.15) is 0 Å². The highest BCUT2D eigenvalue weighted by atomic mass is 16.6. The number of benzene rings is 2. The minimum Gasteiger partial charge on any atom is -0.331 e. The molecule has 0 saturated heterocycles. The number of hydrogen-bond acceptors (Lipinski definition) is 3. The van der Waals surface area contributed by atoms with E-state index in [2.05, 4.69) is 0 Å². The first-order valence-electron chi connectivity index (χ1n) is 8.32. The number of hydrogen-bond donors (Lipinski definition) is 0. The average molecular weight is 322 g/mol. The van der Waals surface area contributed by atoms with Crippen molar-refractivity contribution in [2.45, 2.75) is 38.3 Å². The predicted molar refractivity (Wildman–Crippen MR) is 90.7 cm³/mol. The first kappa shape index (κ1) is 14.9. The molecule has 0 bridgehead atoms. The summed E-state index contributed by atoms with van der Waals surface area (Å²) in [5.74, 6) is 0.126. The van der Waals surface area contributed by atoms with Gasteiger partial charge in [-0.3, -0.25) is 14.9 Å². The Balaban J connectivity index is 1.63. The molecule has 1 aliphatic carbocycles. The van der Waals surface area contributed by atoms with E-state index >= 15 is 0 Å². The van der Waals surface area contributed by atoms with Crippen molar-refractivity contribution in [1.29, 1.82) is 0 Å². The van der Waals surface area contributed by atoms with E-state index in [0.29, 0.717) is 12.6 Å². The lowest BCUT2D eigenvalue weighted by molar-refractivity contribution is -0.384. The van der Waals surface area contributed by atoms with Crippen LogP contribution in [0.15, 0.2) is 42.5 Å². The molecule has 5 nitrogen and oxygen atoms in total. The van der Waals surface area contributed by atoms with E-state index in [1.165, 1.54) is 25.0 Å². The lowest BCUT2D eigenvalue weighted by atomic mass is 10.0. The molecule has 24 heavy (non-hydrogen) atoms. The molecule has 1 fully saturated rings. The van der Waals surface area contributed by atoms with Crippen LogP contribution < -0.4 is 0 Å². The molecule has 1 heterocycles. The normalized spacial score (nSPS) is 17.3. The molecule has 0 atom stereocenters. The highest BCUT2D eigenvalue weighted by Crippen LogP contribution is 2.34. The van der Waals surface area contributed by atoms with Gasteiger partial charge in [0, 0.05) is 30.3 Å². The van der Waals surface area contributed by atoms with Gasteiger partial charge in [0.25, 0.3) is 11.6 Å². The van der Waals surface area contributed by atoms with Gasteiger partial charge in [-0.15, -0.1) is 0 Å². The topological polar surface area (TPSA) is 63.4 Å². The number of non-ortho nitro benzene ring substituents is 1. The molecular formula is C19H18N2O3. The number of fused-ring (bicyclic) bond motifs is 1. The highest BCUT2D eigenvalue weighted by molar-refractivity contribution is 5.99. The van der Waals surface area contributed by atoms with E-state index in [1.807, 2.05) is 23.1 Å². The maximum absolute atomic E-state index is 12.7. The quantitative estimate of drug-likeness (QED) is 0.629. The minimum absolute atomic E-state index is 0.0726. The summed E-state index contributed by atoms with van der Waals surface area (Å²) < 4.78 is 0. The molecule has 0 radical (unpaired) electrons. The molecule has 0 unspecified atom stereocenters. The van der Waals surface area contributed by atoms with Crippen LogP contribution >= 0.6 is 0 Å². The summed E-state index contributed by atoms with van der Waals surface area (Å²) in [6.45, 7) is 0.708. The van der Waals surface area contributed by atoms with Gasteiger partial charge in [0.2, 0.25) is 0 Å². The Bertz CT molecular complexity index is 808. The number of nitro benzene ring substituents is 1. The van der Waals surface area contributed by atoms with Gasteiger partial charge in [0.15, 0.2) is 0 Å². The first-order valence-corrected chi connectivity index (χ1v) is 8.32. The van der Waals surface area contributed by atoms with E-state index in [0.717, 1.165) is 35.1 Å².